The van der Waals surface area contributed by atoms with Crippen molar-refractivity contribution < 1.29 is 9.13 Å². The SMILES string of the molecule is CC(C)c1cc(Oc2ccc(F)cc2)nc(Cl)n1. The van der Waals surface area contributed by atoms with Crippen LogP contribution in [-0.2, 0) is 0 Å². The first kappa shape index (κ1) is 12.8. The van der Waals surface area contributed by atoms with Gasteiger partial charge in [-0.3, -0.25) is 0 Å². The Morgan fingerprint density at radius 2 is 1.83 bits per heavy atom. The number of nitrogens with zero attached hydrogens (tertiary/aromatic N) is 2. The van der Waals surface area contributed by atoms with E-state index in [2.05, 4.69) is 9.97 Å². The lowest BCUT2D eigenvalue weighted by Gasteiger charge is -2.08. The zero-order valence-corrected chi connectivity index (χ0v) is 10.8. The maximum Gasteiger partial charge on any atom is 0.225 e. The quantitative estimate of drug-likeness (QED) is 0.782. The molecule has 0 saturated heterocycles. The molecule has 0 aliphatic rings. The van der Waals surface area contributed by atoms with E-state index in [1.807, 2.05) is 13.8 Å². The summed E-state index contributed by atoms with van der Waals surface area (Å²) in [6, 6.07) is 7.42. The van der Waals surface area contributed by atoms with Crippen molar-refractivity contribution in [2.24, 2.45) is 0 Å². The highest BCUT2D eigenvalue weighted by atomic mass is 35.5. The zero-order valence-electron chi connectivity index (χ0n) is 10.0. The van der Waals surface area contributed by atoms with Gasteiger partial charge in [-0.05, 0) is 41.8 Å². The number of ether oxygens (including phenoxy) is 1. The van der Waals surface area contributed by atoms with Crippen molar-refractivity contribution in [2.45, 2.75) is 19.8 Å². The molecular weight excluding hydrogens is 255 g/mol. The van der Waals surface area contributed by atoms with E-state index in [1.165, 1.54) is 24.3 Å². The van der Waals surface area contributed by atoms with Gasteiger partial charge in [0.05, 0.1) is 5.69 Å². The fourth-order valence-electron chi connectivity index (χ4n) is 1.38. The predicted molar refractivity (Wildman–Crippen MR) is 67.6 cm³/mol. The summed E-state index contributed by atoms with van der Waals surface area (Å²) < 4.78 is 18.3. The second-order valence-corrected chi connectivity index (χ2v) is 4.45. The van der Waals surface area contributed by atoms with Crippen LogP contribution in [0, 0.1) is 5.82 Å². The van der Waals surface area contributed by atoms with Gasteiger partial charge in [-0.15, -0.1) is 0 Å². The number of hydrogen-bond donors (Lipinski definition) is 0. The van der Waals surface area contributed by atoms with Crippen LogP contribution < -0.4 is 4.74 Å². The maximum atomic E-state index is 12.8. The maximum absolute atomic E-state index is 12.8. The van der Waals surface area contributed by atoms with Crippen LogP contribution in [0.4, 0.5) is 4.39 Å². The fourth-order valence-corrected chi connectivity index (χ4v) is 1.57. The van der Waals surface area contributed by atoms with Gasteiger partial charge in [-0.1, -0.05) is 13.8 Å². The first-order valence-corrected chi connectivity index (χ1v) is 5.90. The van der Waals surface area contributed by atoms with Gasteiger partial charge in [-0.25, -0.2) is 9.37 Å². The Morgan fingerprint density at radius 1 is 1.17 bits per heavy atom. The Labute approximate surface area is 110 Å². The summed E-state index contributed by atoms with van der Waals surface area (Å²) >= 11 is 5.82. The van der Waals surface area contributed by atoms with Crippen molar-refractivity contribution in [3.63, 3.8) is 0 Å². The first-order chi connectivity index (χ1) is 8.54. The second kappa shape index (κ2) is 5.31. The highest BCUT2D eigenvalue weighted by molar-refractivity contribution is 6.28. The van der Waals surface area contributed by atoms with E-state index in [0.29, 0.717) is 11.6 Å². The Bertz CT molecular complexity index is 543. The highest BCUT2D eigenvalue weighted by Gasteiger charge is 2.08. The average Bonchev–Trinajstić information content (AvgIpc) is 2.31. The molecule has 18 heavy (non-hydrogen) atoms. The van der Waals surface area contributed by atoms with Crippen LogP contribution >= 0.6 is 11.6 Å². The molecule has 0 fully saturated rings. The van der Waals surface area contributed by atoms with Crippen molar-refractivity contribution in [1.82, 2.24) is 9.97 Å². The monoisotopic (exact) mass is 266 g/mol. The standard InChI is InChI=1S/C13H12ClFN2O/c1-8(2)11-7-12(17-13(14)16-11)18-10-5-3-9(15)4-6-10/h3-8H,1-2H3. The Kier molecular flexibility index (Phi) is 3.77. The molecule has 1 heterocycles. The van der Waals surface area contributed by atoms with Crippen LogP contribution in [0.25, 0.3) is 0 Å². The van der Waals surface area contributed by atoms with Crippen LogP contribution in [0.5, 0.6) is 11.6 Å². The third-order valence-electron chi connectivity index (χ3n) is 2.32. The number of halogens is 2. The third kappa shape index (κ3) is 3.17. The number of rotatable bonds is 3. The summed E-state index contributed by atoms with van der Waals surface area (Å²) in [6.45, 7) is 4.00. The summed E-state index contributed by atoms with van der Waals surface area (Å²) in [6.07, 6.45) is 0. The minimum atomic E-state index is -0.314. The van der Waals surface area contributed by atoms with E-state index in [1.54, 1.807) is 6.07 Å². The molecule has 3 nitrogen and oxygen atoms in total. The topological polar surface area (TPSA) is 35.0 Å². The van der Waals surface area contributed by atoms with Crippen LogP contribution in [0.3, 0.4) is 0 Å². The molecule has 0 atom stereocenters. The molecule has 1 aromatic heterocycles. The largest absolute Gasteiger partial charge is 0.439 e. The van der Waals surface area contributed by atoms with Gasteiger partial charge >= 0.3 is 0 Å². The van der Waals surface area contributed by atoms with Gasteiger partial charge in [0.15, 0.2) is 0 Å². The average molecular weight is 267 g/mol. The van der Waals surface area contributed by atoms with Crippen molar-refractivity contribution in [3.05, 3.63) is 47.1 Å². The van der Waals surface area contributed by atoms with E-state index in [-0.39, 0.29) is 17.0 Å². The number of benzene rings is 1. The lowest BCUT2D eigenvalue weighted by Crippen LogP contribution is -1.97. The van der Waals surface area contributed by atoms with Crippen LogP contribution in [-0.4, -0.2) is 9.97 Å². The molecule has 0 aliphatic carbocycles. The summed E-state index contributed by atoms with van der Waals surface area (Å²) in [5.74, 6) is 0.762. The van der Waals surface area contributed by atoms with Gasteiger partial charge in [-0.2, -0.15) is 4.98 Å². The molecule has 5 heteroatoms. The minimum absolute atomic E-state index is 0.137. The van der Waals surface area contributed by atoms with E-state index >= 15 is 0 Å². The highest BCUT2D eigenvalue weighted by Crippen LogP contribution is 2.24. The van der Waals surface area contributed by atoms with Gasteiger partial charge in [0.25, 0.3) is 0 Å². The summed E-state index contributed by atoms with van der Waals surface area (Å²) in [4.78, 5) is 8.08. The predicted octanol–water partition coefficient (Wildman–Crippen LogP) is 4.18. The Morgan fingerprint density at radius 3 is 2.44 bits per heavy atom. The van der Waals surface area contributed by atoms with Gasteiger partial charge in [0.2, 0.25) is 11.2 Å². The van der Waals surface area contributed by atoms with E-state index in [9.17, 15) is 4.39 Å². The van der Waals surface area contributed by atoms with Crippen LogP contribution in [0.15, 0.2) is 30.3 Å². The van der Waals surface area contributed by atoms with Gasteiger partial charge < -0.3 is 4.74 Å². The lowest BCUT2D eigenvalue weighted by atomic mass is 10.1. The molecular formula is C13H12ClFN2O. The summed E-state index contributed by atoms with van der Waals surface area (Å²) in [7, 11) is 0. The minimum Gasteiger partial charge on any atom is -0.439 e. The molecule has 0 saturated carbocycles. The van der Waals surface area contributed by atoms with Crippen molar-refractivity contribution in [2.75, 3.05) is 0 Å². The Hall–Kier alpha value is -1.68. The van der Waals surface area contributed by atoms with E-state index in [4.69, 9.17) is 16.3 Å². The van der Waals surface area contributed by atoms with Crippen LogP contribution in [0.2, 0.25) is 5.28 Å². The molecule has 0 spiro atoms. The zero-order chi connectivity index (χ0) is 13.1. The lowest BCUT2D eigenvalue weighted by molar-refractivity contribution is 0.458. The molecule has 0 N–H and O–H groups in total. The van der Waals surface area contributed by atoms with Crippen LogP contribution in [0.1, 0.15) is 25.5 Å². The summed E-state index contributed by atoms with van der Waals surface area (Å²) in [5.41, 5.74) is 0.798. The molecule has 0 amide bonds. The van der Waals surface area contributed by atoms with Gasteiger partial charge in [0, 0.05) is 6.07 Å². The summed E-state index contributed by atoms with van der Waals surface area (Å²) in [5, 5.41) is 0.137. The van der Waals surface area contributed by atoms with Crippen molar-refractivity contribution >= 4 is 11.6 Å². The Balaban J connectivity index is 2.26. The van der Waals surface area contributed by atoms with Crippen molar-refractivity contribution in [1.29, 1.82) is 0 Å². The van der Waals surface area contributed by atoms with E-state index in [0.717, 1.165) is 5.69 Å². The smallest absolute Gasteiger partial charge is 0.225 e. The molecule has 1 aromatic carbocycles. The molecule has 2 aromatic rings. The second-order valence-electron chi connectivity index (χ2n) is 4.11. The molecule has 94 valence electrons. The number of aromatic nitrogens is 2. The molecule has 0 unspecified atom stereocenters. The first-order valence-electron chi connectivity index (χ1n) is 5.52. The fraction of sp³-hybridized carbons (Fsp3) is 0.231. The molecule has 2 rings (SSSR count). The molecule has 0 radical (unpaired) electrons. The molecule has 0 aliphatic heterocycles. The third-order valence-corrected chi connectivity index (χ3v) is 2.49. The van der Waals surface area contributed by atoms with E-state index < -0.39 is 0 Å². The normalized spacial score (nSPS) is 10.7. The number of hydrogen-bond acceptors (Lipinski definition) is 3. The van der Waals surface area contributed by atoms with Gasteiger partial charge in [0.1, 0.15) is 11.6 Å². The molecule has 0 bridgehead atoms. The van der Waals surface area contributed by atoms with Crippen molar-refractivity contribution in [3.8, 4) is 11.6 Å².